The van der Waals surface area contributed by atoms with E-state index in [-0.39, 0.29) is 17.1 Å². The van der Waals surface area contributed by atoms with Gasteiger partial charge in [0.2, 0.25) is 10.0 Å². The Balaban J connectivity index is 1.78. The molecule has 0 radical (unpaired) electrons. The summed E-state index contributed by atoms with van der Waals surface area (Å²) >= 11 is 7.15. The number of nitrogens with one attached hydrogen (secondary N) is 2. The summed E-state index contributed by atoms with van der Waals surface area (Å²) < 4.78 is 38.3. The highest BCUT2D eigenvalue weighted by atomic mass is 35.5. The molecule has 0 spiro atoms. The number of carbonyl (C=O) groups excluding carboxylic acids is 1. The maximum atomic E-state index is 13.7. The number of anilines is 2. The normalized spacial score (nSPS) is 11.2. The van der Waals surface area contributed by atoms with Crippen molar-refractivity contribution >= 4 is 50.2 Å². The summed E-state index contributed by atoms with van der Waals surface area (Å²) in [5.41, 5.74) is 0.987. The fourth-order valence-electron chi connectivity index (χ4n) is 2.18. The molecule has 140 valence electrons. The van der Waals surface area contributed by atoms with Gasteiger partial charge in [-0.05, 0) is 30.3 Å². The Kier molecular flexibility index (Phi) is 5.45. The third kappa shape index (κ3) is 5.03. The molecule has 0 fully saturated rings. The molecule has 1 aromatic heterocycles. The molecule has 0 atom stereocenters. The van der Waals surface area contributed by atoms with Gasteiger partial charge in [0.25, 0.3) is 5.91 Å². The highest BCUT2D eigenvalue weighted by molar-refractivity contribution is 7.92. The zero-order valence-corrected chi connectivity index (χ0v) is 16.3. The first kappa shape index (κ1) is 19.3. The lowest BCUT2D eigenvalue weighted by molar-refractivity contribution is 0.102. The van der Waals surface area contributed by atoms with Crippen molar-refractivity contribution in [2.45, 2.75) is 0 Å². The lowest BCUT2D eigenvalue weighted by Gasteiger charge is -2.08. The topological polar surface area (TPSA) is 88.2 Å². The van der Waals surface area contributed by atoms with Gasteiger partial charge in [0.05, 0.1) is 11.9 Å². The molecule has 2 aromatic carbocycles. The number of aromatic nitrogens is 1. The molecule has 0 saturated carbocycles. The average Bonchev–Trinajstić information content (AvgIpc) is 3.07. The van der Waals surface area contributed by atoms with Crippen molar-refractivity contribution < 1.29 is 17.6 Å². The maximum absolute atomic E-state index is 13.7. The number of sulfonamides is 1. The van der Waals surface area contributed by atoms with Crippen LogP contribution in [0.4, 0.5) is 15.8 Å². The lowest BCUT2D eigenvalue weighted by Crippen LogP contribution is -2.14. The van der Waals surface area contributed by atoms with E-state index in [4.69, 9.17) is 11.6 Å². The second-order valence-electron chi connectivity index (χ2n) is 5.57. The number of halogens is 2. The van der Waals surface area contributed by atoms with Crippen molar-refractivity contribution in [2.75, 3.05) is 16.3 Å². The summed E-state index contributed by atoms with van der Waals surface area (Å²) in [6, 6.07) is 10.6. The van der Waals surface area contributed by atoms with Crippen molar-refractivity contribution in [2.24, 2.45) is 0 Å². The molecular formula is C17H13ClFN3O3S2. The van der Waals surface area contributed by atoms with E-state index in [1.165, 1.54) is 23.5 Å². The summed E-state index contributed by atoms with van der Waals surface area (Å²) in [6.45, 7) is 0. The number of rotatable bonds is 5. The number of carbonyl (C=O) groups is 1. The van der Waals surface area contributed by atoms with Crippen molar-refractivity contribution in [1.29, 1.82) is 0 Å². The van der Waals surface area contributed by atoms with Gasteiger partial charge in [0, 0.05) is 21.7 Å². The molecule has 27 heavy (non-hydrogen) atoms. The monoisotopic (exact) mass is 425 g/mol. The fourth-order valence-corrected chi connectivity index (χ4v) is 3.67. The third-order valence-corrected chi connectivity index (χ3v) is 5.08. The van der Waals surface area contributed by atoms with Crippen LogP contribution >= 0.6 is 22.9 Å². The molecule has 10 heteroatoms. The molecule has 0 saturated heterocycles. The number of hydrogen-bond donors (Lipinski definition) is 2. The first-order chi connectivity index (χ1) is 12.7. The Morgan fingerprint density at radius 3 is 2.56 bits per heavy atom. The van der Waals surface area contributed by atoms with Crippen molar-refractivity contribution in [1.82, 2.24) is 4.98 Å². The molecule has 0 aliphatic heterocycles. The molecular weight excluding hydrogens is 413 g/mol. The Morgan fingerprint density at radius 2 is 1.89 bits per heavy atom. The zero-order valence-electron chi connectivity index (χ0n) is 13.9. The average molecular weight is 426 g/mol. The molecule has 1 heterocycles. The van der Waals surface area contributed by atoms with Crippen LogP contribution in [0.25, 0.3) is 10.6 Å². The first-order valence-corrected chi connectivity index (χ1v) is 10.7. The van der Waals surface area contributed by atoms with E-state index in [1.807, 2.05) is 0 Å². The maximum Gasteiger partial charge on any atom is 0.275 e. The van der Waals surface area contributed by atoms with Gasteiger partial charge in [-0.15, -0.1) is 11.3 Å². The molecule has 0 aliphatic rings. The Morgan fingerprint density at radius 1 is 1.19 bits per heavy atom. The molecule has 6 nitrogen and oxygen atoms in total. The summed E-state index contributed by atoms with van der Waals surface area (Å²) in [5.74, 6) is -1.25. The van der Waals surface area contributed by atoms with Crippen LogP contribution in [0.15, 0.2) is 47.8 Å². The standard InChI is InChI=1S/C17H13ClFN3O3S2/c1-27(24,25)22-14-8-12(6-7-13(14)19)20-16(23)15-9-26-17(21-15)10-2-4-11(18)5-3-10/h2-9,22H,1H3,(H,20,23). The molecule has 2 N–H and O–H groups in total. The van der Waals surface area contributed by atoms with E-state index in [1.54, 1.807) is 29.6 Å². The van der Waals surface area contributed by atoms with Crippen LogP contribution in [-0.4, -0.2) is 25.6 Å². The Labute approximate surface area is 164 Å². The summed E-state index contributed by atoms with van der Waals surface area (Å²) in [5, 5.41) is 5.41. The van der Waals surface area contributed by atoms with Gasteiger partial charge in [-0.2, -0.15) is 0 Å². The molecule has 1 amide bonds. The number of hydrogen-bond acceptors (Lipinski definition) is 5. The van der Waals surface area contributed by atoms with Gasteiger partial charge in [-0.1, -0.05) is 23.7 Å². The molecule has 0 bridgehead atoms. The van der Waals surface area contributed by atoms with E-state index in [9.17, 15) is 17.6 Å². The number of nitrogens with zero attached hydrogens (tertiary/aromatic N) is 1. The smallest absolute Gasteiger partial charge is 0.275 e. The van der Waals surface area contributed by atoms with Crippen LogP contribution in [-0.2, 0) is 10.0 Å². The van der Waals surface area contributed by atoms with E-state index in [0.29, 0.717) is 10.0 Å². The predicted molar refractivity (Wildman–Crippen MR) is 105 cm³/mol. The molecule has 3 rings (SSSR count). The van der Waals surface area contributed by atoms with Crippen LogP contribution in [0.2, 0.25) is 5.02 Å². The van der Waals surface area contributed by atoms with E-state index in [2.05, 4.69) is 15.0 Å². The molecule has 0 aliphatic carbocycles. The van der Waals surface area contributed by atoms with E-state index in [0.717, 1.165) is 17.9 Å². The Bertz CT molecular complexity index is 1100. The minimum atomic E-state index is -3.65. The van der Waals surface area contributed by atoms with Crippen LogP contribution in [0.5, 0.6) is 0 Å². The quantitative estimate of drug-likeness (QED) is 0.640. The predicted octanol–water partition coefficient (Wildman–Crippen LogP) is 4.23. The van der Waals surface area contributed by atoms with Gasteiger partial charge >= 0.3 is 0 Å². The van der Waals surface area contributed by atoms with Gasteiger partial charge in [0.1, 0.15) is 16.5 Å². The van der Waals surface area contributed by atoms with E-state index < -0.39 is 21.7 Å². The van der Waals surface area contributed by atoms with Crippen LogP contribution in [0.1, 0.15) is 10.5 Å². The SMILES string of the molecule is CS(=O)(=O)Nc1cc(NC(=O)c2csc(-c3ccc(Cl)cc3)n2)ccc1F. The largest absolute Gasteiger partial charge is 0.321 e. The zero-order chi connectivity index (χ0) is 19.6. The van der Waals surface area contributed by atoms with Crippen LogP contribution < -0.4 is 10.0 Å². The van der Waals surface area contributed by atoms with E-state index >= 15 is 0 Å². The third-order valence-electron chi connectivity index (χ3n) is 3.35. The summed E-state index contributed by atoms with van der Waals surface area (Å²) in [6.07, 6.45) is 0.908. The second kappa shape index (κ2) is 7.63. The van der Waals surface area contributed by atoms with Crippen molar-refractivity contribution in [3.63, 3.8) is 0 Å². The van der Waals surface area contributed by atoms with Gasteiger partial charge < -0.3 is 5.32 Å². The Hall–Kier alpha value is -2.49. The van der Waals surface area contributed by atoms with Crippen molar-refractivity contribution in [3.8, 4) is 10.6 Å². The summed E-state index contributed by atoms with van der Waals surface area (Å²) in [7, 11) is -3.65. The molecule has 3 aromatic rings. The summed E-state index contributed by atoms with van der Waals surface area (Å²) in [4.78, 5) is 16.7. The van der Waals surface area contributed by atoms with Crippen molar-refractivity contribution in [3.05, 3.63) is 64.4 Å². The second-order valence-corrected chi connectivity index (χ2v) is 8.61. The van der Waals surface area contributed by atoms with Gasteiger partial charge in [0.15, 0.2) is 0 Å². The highest BCUT2D eigenvalue weighted by Gasteiger charge is 2.14. The fraction of sp³-hybridized carbons (Fsp3) is 0.0588. The number of thiazole rings is 1. The minimum Gasteiger partial charge on any atom is -0.321 e. The molecule has 0 unspecified atom stereocenters. The minimum absolute atomic E-state index is 0.187. The van der Waals surface area contributed by atoms with Crippen LogP contribution in [0, 0.1) is 5.82 Å². The number of amides is 1. The highest BCUT2D eigenvalue weighted by Crippen LogP contribution is 2.26. The van der Waals surface area contributed by atoms with Gasteiger partial charge in [-0.3, -0.25) is 9.52 Å². The lowest BCUT2D eigenvalue weighted by atomic mass is 10.2. The number of benzene rings is 2. The first-order valence-electron chi connectivity index (χ1n) is 7.51. The van der Waals surface area contributed by atoms with Gasteiger partial charge in [-0.25, -0.2) is 17.8 Å². The van der Waals surface area contributed by atoms with Crippen LogP contribution in [0.3, 0.4) is 0 Å².